The van der Waals surface area contributed by atoms with Gasteiger partial charge in [-0.3, -0.25) is 14.6 Å². The van der Waals surface area contributed by atoms with Crippen LogP contribution in [0.5, 0.6) is 11.5 Å². The van der Waals surface area contributed by atoms with Crippen LogP contribution in [0.2, 0.25) is 0 Å². The zero-order valence-electron chi connectivity index (χ0n) is 16.6. The summed E-state index contributed by atoms with van der Waals surface area (Å²) in [6.45, 7) is 3.58. The van der Waals surface area contributed by atoms with Crippen molar-refractivity contribution in [3.63, 3.8) is 0 Å². The van der Waals surface area contributed by atoms with Crippen molar-refractivity contribution in [1.82, 2.24) is 19.7 Å². The normalized spacial score (nSPS) is 17.6. The average molecular weight is 407 g/mol. The number of fused-ring (bicyclic) bond motifs is 1. The van der Waals surface area contributed by atoms with Gasteiger partial charge in [0, 0.05) is 23.2 Å². The summed E-state index contributed by atoms with van der Waals surface area (Å²) in [6.07, 6.45) is 1.30. The number of nitrogens with zero attached hydrogens (tertiary/aromatic N) is 3. The standard InChI is InChI=1S/C21H21N5O4/c1-11-12(2)22-21(24-19(11)27)26-18(9-14(25-26)13-7-8-13)23-20(28)17-10-29-15-5-3-4-6-16(15)30-17/h3-6,9,13,17H,7-8,10H2,1-2H3,(H,23,28)(H,22,24,27)/t17-/m0/s1. The fraction of sp³-hybridized carbons (Fsp3) is 0.333. The molecule has 0 spiro atoms. The summed E-state index contributed by atoms with van der Waals surface area (Å²) in [5.74, 6) is 1.82. The molecule has 1 aliphatic carbocycles. The zero-order valence-corrected chi connectivity index (χ0v) is 16.6. The van der Waals surface area contributed by atoms with Crippen molar-refractivity contribution in [2.24, 2.45) is 0 Å². The quantitative estimate of drug-likeness (QED) is 0.686. The van der Waals surface area contributed by atoms with Crippen LogP contribution in [0.15, 0.2) is 35.1 Å². The molecule has 1 amide bonds. The Morgan fingerprint density at radius 2 is 2.00 bits per heavy atom. The molecule has 1 atom stereocenters. The summed E-state index contributed by atoms with van der Waals surface area (Å²) >= 11 is 0. The molecule has 1 fully saturated rings. The second-order valence-electron chi connectivity index (χ2n) is 7.59. The second-order valence-corrected chi connectivity index (χ2v) is 7.59. The van der Waals surface area contributed by atoms with E-state index >= 15 is 0 Å². The number of nitrogens with one attached hydrogen (secondary N) is 2. The third kappa shape index (κ3) is 3.32. The van der Waals surface area contributed by atoms with E-state index in [0.29, 0.717) is 34.5 Å². The van der Waals surface area contributed by atoms with Crippen molar-refractivity contribution in [3.8, 4) is 17.4 Å². The number of ether oxygens (including phenoxy) is 2. The number of carbonyl (C=O) groups excluding carboxylic acids is 1. The fourth-order valence-corrected chi connectivity index (χ4v) is 3.31. The minimum Gasteiger partial charge on any atom is -0.485 e. The Morgan fingerprint density at radius 1 is 1.23 bits per heavy atom. The van der Waals surface area contributed by atoms with Gasteiger partial charge in [0.15, 0.2) is 11.5 Å². The van der Waals surface area contributed by atoms with Gasteiger partial charge >= 0.3 is 0 Å². The number of rotatable bonds is 4. The van der Waals surface area contributed by atoms with Crippen molar-refractivity contribution in [1.29, 1.82) is 0 Å². The molecule has 1 aromatic carbocycles. The first-order valence-corrected chi connectivity index (χ1v) is 9.87. The largest absolute Gasteiger partial charge is 0.485 e. The minimum absolute atomic E-state index is 0.102. The Labute approximate surface area is 172 Å². The maximum absolute atomic E-state index is 12.9. The lowest BCUT2D eigenvalue weighted by atomic mass is 10.2. The molecular formula is C21H21N5O4. The summed E-state index contributed by atoms with van der Waals surface area (Å²) in [4.78, 5) is 32.3. The molecule has 2 aliphatic rings. The summed E-state index contributed by atoms with van der Waals surface area (Å²) in [5, 5.41) is 7.45. The summed E-state index contributed by atoms with van der Waals surface area (Å²) < 4.78 is 12.9. The van der Waals surface area contributed by atoms with Crippen molar-refractivity contribution < 1.29 is 14.3 Å². The molecule has 9 heteroatoms. The van der Waals surface area contributed by atoms with Gasteiger partial charge in [0.05, 0.1) is 5.69 Å². The van der Waals surface area contributed by atoms with E-state index < -0.39 is 6.10 Å². The maximum atomic E-state index is 12.9. The number of para-hydroxylation sites is 2. The van der Waals surface area contributed by atoms with Crippen LogP contribution in [0.25, 0.3) is 5.95 Å². The first kappa shape index (κ1) is 18.4. The molecule has 1 saturated carbocycles. The Hall–Kier alpha value is -3.62. The van der Waals surface area contributed by atoms with Gasteiger partial charge < -0.3 is 14.8 Å². The van der Waals surface area contributed by atoms with E-state index in [9.17, 15) is 9.59 Å². The molecule has 2 N–H and O–H groups in total. The van der Waals surface area contributed by atoms with E-state index in [2.05, 4.69) is 20.4 Å². The van der Waals surface area contributed by atoms with Gasteiger partial charge in [-0.2, -0.15) is 9.78 Å². The van der Waals surface area contributed by atoms with Crippen LogP contribution >= 0.6 is 0 Å². The number of hydrogen-bond donors (Lipinski definition) is 2. The van der Waals surface area contributed by atoms with Gasteiger partial charge in [-0.1, -0.05) is 12.1 Å². The van der Waals surface area contributed by atoms with Crippen molar-refractivity contribution >= 4 is 11.7 Å². The Morgan fingerprint density at radius 3 is 2.73 bits per heavy atom. The SMILES string of the molecule is Cc1nc(-n2nc(C3CC3)cc2NC(=O)[C@@H]2COc3ccccc3O2)[nH]c(=O)c1C. The van der Waals surface area contributed by atoms with Crippen LogP contribution < -0.4 is 20.3 Å². The van der Waals surface area contributed by atoms with Crippen LogP contribution in [-0.2, 0) is 4.79 Å². The highest BCUT2D eigenvalue weighted by atomic mass is 16.6. The maximum Gasteiger partial charge on any atom is 0.270 e. The molecule has 0 bridgehead atoms. The van der Waals surface area contributed by atoms with Gasteiger partial charge in [-0.05, 0) is 38.8 Å². The number of aromatic nitrogens is 4. The smallest absolute Gasteiger partial charge is 0.270 e. The lowest BCUT2D eigenvalue weighted by Crippen LogP contribution is -2.40. The molecular weight excluding hydrogens is 386 g/mol. The number of benzene rings is 1. The van der Waals surface area contributed by atoms with E-state index in [1.54, 1.807) is 26.0 Å². The van der Waals surface area contributed by atoms with Gasteiger partial charge in [-0.25, -0.2) is 4.98 Å². The summed E-state index contributed by atoms with van der Waals surface area (Å²) in [5.41, 5.74) is 1.77. The van der Waals surface area contributed by atoms with Crippen molar-refractivity contribution in [3.05, 3.63) is 57.6 Å². The third-order valence-corrected chi connectivity index (χ3v) is 5.36. The van der Waals surface area contributed by atoms with Crippen molar-refractivity contribution in [2.75, 3.05) is 11.9 Å². The lowest BCUT2D eigenvalue weighted by molar-refractivity contribution is -0.125. The Balaban J connectivity index is 1.44. The van der Waals surface area contributed by atoms with E-state index in [0.717, 1.165) is 18.5 Å². The van der Waals surface area contributed by atoms with Crippen LogP contribution in [0.3, 0.4) is 0 Å². The first-order chi connectivity index (χ1) is 14.5. The molecule has 0 saturated heterocycles. The molecule has 1 aliphatic heterocycles. The molecule has 2 aromatic heterocycles. The average Bonchev–Trinajstić information content (AvgIpc) is 3.52. The van der Waals surface area contributed by atoms with Gasteiger partial charge in [0.25, 0.3) is 11.5 Å². The van der Waals surface area contributed by atoms with Crippen molar-refractivity contribution in [2.45, 2.75) is 38.7 Å². The van der Waals surface area contributed by atoms with Crippen LogP contribution in [0, 0.1) is 13.8 Å². The highest BCUT2D eigenvalue weighted by Crippen LogP contribution is 2.40. The Kier molecular flexibility index (Phi) is 4.30. The third-order valence-electron chi connectivity index (χ3n) is 5.36. The molecule has 154 valence electrons. The number of aromatic amines is 1. The second kappa shape index (κ2) is 7.01. The monoisotopic (exact) mass is 407 g/mol. The van der Waals surface area contributed by atoms with E-state index in [4.69, 9.17) is 9.47 Å². The molecule has 3 aromatic rings. The number of amides is 1. The van der Waals surface area contributed by atoms with Crippen LogP contribution in [0.1, 0.15) is 35.7 Å². The summed E-state index contributed by atoms with van der Waals surface area (Å²) in [6, 6.07) is 9.04. The number of hydrogen-bond acceptors (Lipinski definition) is 6. The molecule has 30 heavy (non-hydrogen) atoms. The number of carbonyl (C=O) groups is 1. The van der Waals surface area contributed by atoms with E-state index in [-0.39, 0.29) is 24.0 Å². The van der Waals surface area contributed by atoms with E-state index in [1.165, 1.54) is 4.68 Å². The molecule has 5 rings (SSSR count). The molecule has 0 radical (unpaired) electrons. The minimum atomic E-state index is -0.806. The molecule has 9 nitrogen and oxygen atoms in total. The molecule has 0 unspecified atom stereocenters. The zero-order chi connectivity index (χ0) is 20.8. The predicted octanol–water partition coefficient (Wildman–Crippen LogP) is 2.23. The fourth-order valence-electron chi connectivity index (χ4n) is 3.31. The highest BCUT2D eigenvalue weighted by molar-refractivity contribution is 5.94. The summed E-state index contributed by atoms with van der Waals surface area (Å²) in [7, 11) is 0. The van der Waals surface area contributed by atoms with E-state index in [1.807, 2.05) is 18.2 Å². The number of anilines is 1. The number of H-pyrrole nitrogens is 1. The van der Waals surface area contributed by atoms with Gasteiger partial charge in [0.2, 0.25) is 12.1 Å². The molecule has 3 heterocycles. The number of aryl methyl sites for hydroxylation is 1. The van der Waals surface area contributed by atoms with Crippen LogP contribution in [-0.4, -0.2) is 38.4 Å². The van der Waals surface area contributed by atoms with Gasteiger partial charge in [0.1, 0.15) is 12.4 Å². The van der Waals surface area contributed by atoms with Gasteiger partial charge in [-0.15, -0.1) is 0 Å². The highest BCUT2D eigenvalue weighted by Gasteiger charge is 2.31. The topological polar surface area (TPSA) is 111 Å². The van der Waals surface area contributed by atoms with Crippen LogP contribution in [0.4, 0.5) is 5.82 Å². The predicted molar refractivity (Wildman–Crippen MR) is 108 cm³/mol. The Bertz CT molecular complexity index is 1190. The lowest BCUT2D eigenvalue weighted by Gasteiger charge is -2.25. The first-order valence-electron chi connectivity index (χ1n) is 9.87.